The van der Waals surface area contributed by atoms with Crippen LogP contribution < -0.4 is 5.73 Å². The SMILES string of the molecule is NC(=O)c1ccc(F)c(-c2c(F)csc2Cc2ccccc2)c1S(=O)(=O)n1ccc2ccccc21. The largest absolute Gasteiger partial charge is 0.366 e. The van der Waals surface area contributed by atoms with Crippen LogP contribution in [-0.2, 0) is 16.4 Å². The molecule has 1 amide bonds. The summed E-state index contributed by atoms with van der Waals surface area (Å²) in [5, 5.41) is 1.83. The second kappa shape index (κ2) is 8.75. The normalized spacial score (nSPS) is 11.7. The Morgan fingerprint density at radius 1 is 0.886 bits per heavy atom. The number of nitrogens with zero attached hydrogens (tertiary/aromatic N) is 1. The van der Waals surface area contributed by atoms with Crippen molar-refractivity contribution < 1.29 is 22.0 Å². The number of para-hydroxylation sites is 1. The number of benzene rings is 3. The number of nitrogens with two attached hydrogens (primary N) is 1. The van der Waals surface area contributed by atoms with E-state index in [2.05, 4.69) is 0 Å². The first-order valence-electron chi connectivity index (χ1n) is 10.5. The van der Waals surface area contributed by atoms with Crippen molar-refractivity contribution in [3.05, 3.63) is 112 Å². The fourth-order valence-electron chi connectivity index (χ4n) is 4.16. The number of carbonyl (C=O) groups is 1. The highest BCUT2D eigenvalue weighted by molar-refractivity contribution is 7.90. The zero-order valence-electron chi connectivity index (χ0n) is 18.1. The van der Waals surface area contributed by atoms with Crippen LogP contribution in [0.3, 0.4) is 0 Å². The van der Waals surface area contributed by atoms with Gasteiger partial charge in [-0.2, -0.15) is 0 Å². The summed E-state index contributed by atoms with van der Waals surface area (Å²) in [6.07, 6.45) is 1.56. The quantitative estimate of drug-likeness (QED) is 0.325. The molecule has 2 heterocycles. The number of amides is 1. The van der Waals surface area contributed by atoms with Crippen molar-refractivity contribution in [2.75, 3.05) is 0 Å². The molecule has 2 N–H and O–H groups in total. The Morgan fingerprint density at radius 3 is 2.34 bits per heavy atom. The van der Waals surface area contributed by atoms with Gasteiger partial charge in [0.25, 0.3) is 10.0 Å². The monoisotopic (exact) mass is 508 g/mol. The number of carbonyl (C=O) groups excluding carboxylic acids is 1. The molecular weight excluding hydrogens is 490 g/mol. The van der Waals surface area contributed by atoms with Gasteiger partial charge >= 0.3 is 0 Å². The maximum Gasteiger partial charge on any atom is 0.269 e. The van der Waals surface area contributed by atoms with Crippen molar-refractivity contribution in [2.45, 2.75) is 11.3 Å². The second-order valence-corrected chi connectivity index (χ2v) is 10.6. The lowest BCUT2D eigenvalue weighted by molar-refractivity contribution is 0.0997. The van der Waals surface area contributed by atoms with Crippen LogP contribution in [0.2, 0.25) is 0 Å². The Hall–Kier alpha value is -3.82. The van der Waals surface area contributed by atoms with E-state index in [1.165, 1.54) is 11.6 Å². The molecule has 5 aromatic rings. The Bertz CT molecular complexity index is 1690. The predicted octanol–water partition coefficient (Wildman–Crippen LogP) is 5.57. The molecule has 5 rings (SSSR count). The van der Waals surface area contributed by atoms with Crippen LogP contribution in [-0.4, -0.2) is 18.3 Å². The minimum atomic E-state index is -4.57. The molecule has 0 bridgehead atoms. The molecule has 0 saturated carbocycles. The molecule has 3 aromatic carbocycles. The highest BCUT2D eigenvalue weighted by Crippen LogP contribution is 2.41. The standard InChI is InChI=1S/C26H18F2N2O3S2/c27-19-11-10-18(26(29)31)25(35(32,33)30-13-12-17-8-4-5-9-21(17)30)24(19)23-20(28)15-34-22(23)14-16-6-2-1-3-7-16/h1-13,15H,14H2,(H2,29,31). The number of fused-ring (bicyclic) bond motifs is 1. The molecule has 9 heteroatoms. The van der Waals surface area contributed by atoms with Gasteiger partial charge in [-0.3, -0.25) is 4.79 Å². The van der Waals surface area contributed by atoms with Gasteiger partial charge in [0.15, 0.2) is 0 Å². The number of hydrogen-bond acceptors (Lipinski definition) is 4. The lowest BCUT2D eigenvalue weighted by Gasteiger charge is -2.17. The van der Waals surface area contributed by atoms with Gasteiger partial charge in [-0.25, -0.2) is 21.2 Å². The Balaban J connectivity index is 1.81. The zero-order chi connectivity index (χ0) is 24.7. The average molecular weight is 509 g/mol. The molecule has 0 aliphatic rings. The van der Waals surface area contributed by atoms with Crippen LogP contribution in [0.1, 0.15) is 20.8 Å². The molecule has 0 spiro atoms. The van der Waals surface area contributed by atoms with Crippen LogP contribution in [0.5, 0.6) is 0 Å². The van der Waals surface area contributed by atoms with Crippen LogP contribution in [0.4, 0.5) is 8.78 Å². The molecule has 0 radical (unpaired) electrons. The zero-order valence-corrected chi connectivity index (χ0v) is 19.7. The van der Waals surface area contributed by atoms with E-state index >= 15 is 8.78 Å². The van der Waals surface area contributed by atoms with E-state index in [0.717, 1.165) is 33.0 Å². The summed E-state index contributed by atoms with van der Waals surface area (Å²) in [5.41, 5.74) is 5.56. The van der Waals surface area contributed by atoms with Crippen molar-refractivity contribution in [3.63, 3.8) is 0 Å². The van der Waals surface area contributed by atoms with Gasteiger partial charge in [0.2, 0.25) is 5.91 Å². The molecule has 5 nitrogen and oxygen atoms in total. The molecule has 0 saturated heterocycles. The number of aromatic nitrogens is 1. The Labute approximate surface area is 204 Å². The minimum Gasteiger partial charge on any atom is -0.366 e. The highest BCUT2D eigenvalue weighted by atomic mass is 32.2. The summed E-state index contributed by atoms with van der Waals surface area (Å²) < 4.78 is 59.5. The molecular formula is C26H18F2N2O3S2. The van der Waals surface area contributed by atoms with Gasteiger partial charge in [0, 0.05) is 39.4 Å². The molecule has 0 unspecified atom stereocenters. The van der Waals surface area contributed by atoms with Crippen molar-refractivity contribution in [2.24, 2.45) is 5.73 Å². The third kappa shape index (κ3) is 3.92. The van der Waals surface area contributed by atoms with Crippen molar-refractivity contribution >= 4 is 38.2 Å². The number of halogens is 2. The summed E-state index contributed by atoms with van der Waals surface area (Å²) in [7, 11) is -4.57. The van der Waals surface area contributed by atoms with Gasteiger partial charge in [-0.15, -0.1) is 11.3 Å². The fourth-order valence-corrected chi connectivity index (χ4v) is 6.84. The summed E-state index contributed by atoms with van der Waals surface area (Å²) >= 11 is 1.05. The molecule has 176 valence electrons. The van der Waals surface area contributed by atoms with E-state index in [9.17, 15) is 13.2 Å². The van der Waals surface area contributed by atoms with E-state index in [0.29, 0.717) is 15.8 Å². The predicted molar refractivity (Wildman–Crippen MR) is 132 cm³/mol. The summed E-state index contributed by atoms with van der Waals surface area (Å²) in [5.74, 6) is -2.83. The summed E-state index contributed by atoms with van der Waals surface area (Å²) in [6, 6.07) is 19.4. The minimum absolute atomic E-state index is 0.200. The number of hydrogen-bond donors (Lipinski definition) is 1. The highest BCUT2D eigenvalue weighted by Gasteiger charge is 2.33. The van der Waals surface area contributed by atoms with E-state index in [1.807, 2.05) is 30.3 Å². The van der Waals surface area contributed by atoms with Crippen molar-refractivity contribution in [1.29, 1.82) is 0 Å². The van der Waals surface area contributed by atoms with Crippen LogP contribution in [0.15, 0.2) is 89.3 Å². The lowest BCUT2D eigenvalue weighted by atomic mass is 9.99. The Morgan fingerprint density at radius 2 is 1.60 bits per heavy atom. The molecule has 0 aliphatic heterocycles. The number of rotatable bonds is 6. The van der Waals surface area contributed by atoms with Crippen molar-refractivity contribution in [3.8, 4) is 11.1 Å². The van der Waals surface area contributed by atoms with E-state index in [1.54, 1.807) is 30.3 Å². The topological polar surface area (TPSA) is 82.2 Å². The number of thiophene rings is 1. The lowest BCUT2D eigenvalue weighted by Crippen LogP contribution is -2.22. The number of primary amides is 1. The first-order valence-corrected chi connectivity index (χ1v) is 12.8. The molecule has 0 fully saturated rings. The fraction of sp³-hybridized carbons (Fsp3) is 0.0385. The second-order valence-electron chi connectivity index (χ2n) is 7.88. The maximum atomic E-state index is 15.5. The van der Waals surface area contributed by atoms with Crippen LogP contribution in [0, 0.1) is 11.6 Å². The molecule has 0 aliphatic carbocycles. The maximum absolute atomic E-state index is 15.5. The van der Waals surface area contributed by atoms with E-state index in [4.69, 9.17) is 5.73 Å². The molecule has 35 heavy (non-hydrogen) atoms. The van der Waals surface area contributed by atoms with Crippen LogP contribution in [0.25, 0.3) is 22.0 Å². The third-order valence-corrected chi connectivity index (χ3v) is 8.47. The third-order valence-electron chi connectivity index (χ3n) is 5.73. The van der Waals surface area contributed by atoms with Crippen molar-refractivity contribution in [1.82, 2.24) is 3.97 Å². The van der Waals surface area contributed by atoms with E-state index < -0.39 is 43.6 Å². The first kappa shape index (κ1) is 22.9. The van der Waals surface area contributed by atoms with Gasteiger partial charge < -0.3 is 5.73 Å². The van der Waals surface area contributed by atoms with Gasteiger partial charge in [-0.05, 0) is 29.8 Å². The average Bonchev–Trinajstić information content (AvgIpc) is 3.43. The Kier molecular flexibility index (Phi) is 5.74. The van der Waals surface area contributed by atoms with E-state index in [-0.39, 0.29) is 12.0 Å². The summed E-state index contributed by atoms with van der Waals surface area (Å²) in [6.45, 7) is 0. The molecule has 0 atom stereocenters. The van der Waals surface area contributed by atoms with Gasteiger partial charge in [-0.1, -0.05) is 48.5 Å². The summed E-state index contributed by atoms with van der Waals surface area (Å²) in [4.78, 5) is 12.1. The van der Waals surface area contributed by atoms with Gasteiger partial charge in [0.1, 0.15) is 16.5 Å². The van der Waals surface area contributed by atoms with Gasteiger partial charge in [0.05, 0.1) is 11.1 Å². The van der Waals surface area contributed by atoms with Crippen LogP contribution >= 0.6 is 11.3 Å². The first-order chi connectivity index (χ1) is 16.8. The smallest absolute Gasteiger partial charge is 0.269 e. The molecule has 2 aromatic heterocycles.